The van der Waals surface area contributed by atoms with Crippen molar-refractivity contribution < 1.29 is 28.9 Å². The van der Waals surface area contributed by atoms with Gasteiger partial charge in [-0.15, -0.1) is 0 Å². The number of hydrogen-bond acceptors (Lipinski definition) is 5. The molecule has 7 heteroatoms. The smallest absolute Gasteiger partial charge is 0.326 e. The first-order valence-corrected chi connectivity index (χ1v) is 10.5. The van der Waals surface area contributed by atoms with Gasteiger partial charge < -0.3 is 24.2 Å². The minimum absolute atomic E-state index is 0.00886. The third kappa shape index (κ3) is 4.40. The number of rotatable bonds is 7. The van der Waals surface area contributed by atoms with E-state index in [0.29, 0.717) is 30.2 Å². The van der Waals surface area contributed by atoms with Crippen molar-refractivity contribution in [3.8, 4) is 17.2 Å². The monoisotopic (exact) mass is 417 g/mol. The van der Waals surface area contributed by atoms with Gasteiger partial charge >= 0.3 is 5.97 Å². The average Bonchev–Trinajstić information content (AvgIpc) is 2.79. The Bertz CT molecular complexity index is 780. The fraction of sp³-hybridized carbons (Fsp3) is 0.565. The molecule has 1 aromatic rings. The molecular formula is C23H31NO6. The molecule has 0 saturated carbocycles. The van der Waals surface area contributed by atoms with Crippen LogP contribution in [-0.2, 0) is 9.59 Å². The van der Waals surface area contributed by atoms with Crippen molar-refractivity contribution in [1.82, 2.24) is 4.90 Å². The van der Waals surface area contributed by atoms with Crippen molar-refractivity contribution in [3.63, 3.8) is 0 Å². The fourth-order valence-corrected chi connectivity index (χ4v) is 4.60. The summed E-state index contributed by atoms with van der Waals surface area (Å²) in [6.07, 6.45) is 9.19. The maximum Gasteiger partial charge on any atom is 0.326 e. The second-order valence-electron chi connectivity index (χ2n) is 7.84. The number of benzene rings is 1. The van der Waals surface area contributed by atoms with E-state index in [-0.39, 0.29) is 11.8 Å². The molecule has 1 N–H and O–H groups in total. The number of nitrogens with zero attached hydrogens (tertiary/aromatic N) is 1. The van der Waals surface area contributed by atoms with E-state index in [0.717, 1.165) is 37.7 Å². The second-order valence-corrected chi connectivity index (χ2v) is 7.84. The Balaban J connectivity index is 2.07. The molecule has 3 rings (SSSR count). The number of carboxylic acids is 1. The SMILES string of the molecule is COc1cc([C@@H](C(=O)N2CCCCC2C(=O)O)[C@@H]2C=CCCC2)cc(OC)c1OC. The lowest BCUT2D eigenvalue weighted by Crippen LogP contribution is -2.50. The Hall–Kier alpha value is -2.70. The topological polar surface area (TPSA) is 85.3 Å². The highest BCUT2D eigenvalue weighted by atomic mass is 16.5. The van der Waals surface area contributed by atoms with Crippen LogP contribution in [0.25, 0.3) is 0 Å². The lowest BCUT2D eigenvalue weighted by atomic mass is 9.78. The zero-order valence-electron chi connectivity index (χ0n) is 17.9. The number of piperidine rings is 1. The van der Waals surface area contributed by atoms with E-state index in [2.05, 4.69) is 12.2 Å². The molecular weight excluding hydrogens is 386 g/mol. The number of aliphatic carboxylic acids is 1. The molecule has 164 valence electrons. The molecule has 0 radical (unpaired) electrons. The molecule has 1 aliphatic carbocycles. The van der Waals surface area contributed by atoms with Crippen molar-refractivity contribution in [2.75, 3.05) is 27.9 Å². The van der Waals surface area contributed by atoms with E-state index in [4.69, 9.17) is 14.2 Å². The van der Waals surface area contributed by atoms with E-state index < -0.39 is 17.9 Å². The first-order valence-electron chi connectivity index (χ1n) is 10.5. The molecule has 2 aliphatic rings. The van der Waals surface area contributed by atoms with Crippen LogP contribution in [-0.4, -0.2) is 55.8 Å². The van der Waals surface area contributed by atoms with Gasteiger partial charge in [-0.25, -0.2) is 4.79 Å². The molecule has 0 spiro atoms. The largest absolute Gasteiger partial charge is 0.493 e. The van der Waals surface area contributed by atoms with Gasteiger partial charge in [0.05, 0.1) is 27.2 Å². The number of likely N-dealkylation sites (tertiary alicyclic amines) is 1. The quantitative estimate of drug-likeness (QED) is 0.682. The van der Waals surface area contributed by atoms with Crippen molar-refractivity contribution in [1.29, 1.82) is 0 Å². The number of ether oxygens (including phenoxy) is 3. The summed E-state index contributed by atoms with van der Waals surface area (Å²) in [4.78, 5) is 27.2. The van der Waals surface area contributed by atoms with Gasteiger partial charge in [0.1, 0.15) is 6.04 Å². The van der Waals surface area contributed by atoms with Gasteiger partial charge in [-0.05, 0) is 62.1 Å². The van der Waals surface area contributed by atoms with Gasteiger partial charge in [0.25, 0.3) is 0 Å². The number of hydrogen-bond donors (Lipinski definition) is 1. The number of carbonyl (C=O) groups is 2. The first kappa shape index (κ1) is 22.0. The zero-order valence-corrected chi connectivity index (χ0v) is 17.9. The minimum Gasteiger partial charge on any atom is -0.493 e. The molecule has 30 heavy (non-hydrogen) atoms. The van der Waals surface area contributed by atoms with Gasteiger partial charge in [-0.3, -0.25) is 4.79 Å². The molecule has 0 bridgehead atoms. The molecule has 1 aromatic carbocycles. The Morgan fingerprint density at radius 2 is 1.73 bits per heavy atom. The molecule has 1 heterocycles. The Morgan fingerprint density at radius 1 is 1.03 bits per heavy atom. The van der Waals surface area contributed by atoms with Crippen molar-refractivity contribution in [2.45, 2.75) is 50.5 Å². The number of allylic oxidation sites excluding steroid dienone is 2. The van der Waals surface area contributed by atoms with Gasteiger partial charge in [0.15, 0.2) is 11.5 Å². The molecule has 1 unspecified atom stereocenters. The van der Waals surface area contributed by atoms with Crippen molar-refractivity contribution >= 4 is 11.9 Å². The first-order chi connectivity index (χ1) is 14.5. The van der Waals surface area contributed by atoms with Crippen LogP contribution >= 0.6 is 0 Å². The predicted molar refractivity (Wildman–Crippen MR) is 112 cm³/mol. The highest BCUT2D eigenvalue weighted by Gasteiger charge is 2.39. The van der Waals surface area contributed by atoms with Crippen molar-refractivity contribution in [2.24, 2.45) is 5.92 Å². The van der Waals surface area contributed by atoms with E-state index in [9.17, 15) is 14.7 Å². The Labute approximate surface area is 177 Å². The summed E-state index contributed by atoms with van der Waals surface area (Å²) in [7, 11) is 4.63. The van der Waals surface area contributed by atoms with Crippen LogP contribution in [0.2, 0.25) is 0 Å². The maximum atomic E-state index is 13.8. The fourth-order valence-electron chi connectivity index (χ4n) is 4.60. The van der Waals surface area contributed by atoms with E-state index in [1.807, 2.05) is 12.1 Å². The lowest BCUT2D eigenvalue weighted by Gasteiger charge is -2.38. The summed E-state index contributed by atoms with van der Waals surface area (Å²) < 4.78 is 16.4. The maximum absolute atomic E-state index is 13.8. The Morgan fingerprint density at radius 3 is 2.27 bits per heavy atom. The highest BCUT2D eigenvalue weighted by Crippen LogP contribution is 2.43. The van der Waals surface area contributed by atoms with Gasteiger partial charge in [0, 0.05) is 6.54 Å². The molecule has 1 saturated heterocycles. The summed E-state index contributed by atoms with van der Waals surface area (Å²) in [5.41, 5.74) is 0.751. The van der Waals surface area contributed by atoms with Crippen LogP contribution in [0.15, 0.2) is 24.3 Å². The molecule has 1 fully saturated rings. The number of carbonyl (C=O) groups excluding carboxylic acids is 1. The van der Waals surface area contributed by atoms with Gasteiger partial charge in [-0.2, -0.15) is 0 Å². The summed E-state index contributed by atoms with van der Waals surface area (Å²) in [6.45, 7) is 0.465. The molecule has 1 amide bonds. The molecule has 7 nitrogen and oxygen atoms in total. The number of methoxy groups -OCH3 is 3. The van der Waals surface area contributed by atoms with Crippen LogP contribution in [0.5, 0.6) is 17.2 Å². The van der Waals surface area contributed by atoms with E-state index in [1.165, 1.54) is 7.11 Å². The molecule has 1 aliphatic heterocycles. The summed E-state index contributed by atoms with van der Waals surface area (Å²) in [5, 5.41) is 9.69. The normalized spacial score (nSPS) is 22.3. The standard InChI is InChI=1S/C23H31NO6/c1-28-18-13-16(14-19(29-2)21(18)30-3)20(15-9-5-4-6-10-15)22(25)24-12-8-7-11-17(24)23(26)27/h5,9,13-15,17,20H,4,6-8,10-12H2,1-3H3,(H,26,27)/t15-,17?,20+/m1/s1. The molecule has 3 atom stereocenters. The third-order valence-corrected chi connectivity index (χ3v) is 6.10. The van der Waals surface area contributed by atoms with Crippen molar-refractivity contribution in [3.05, 3.63) is 29.8 Å². The van der Waals surface area contributed by atoms with Crippen LogP contribution in [0.3, 0.4) is 0 Å². The van der Waals surface area contributed by atoms with Crippen LogP contribution in [0.4, 0.5) is 0 Å². The summed E-state index contributed by atoms with van der Waals surface area (Å²) in [6, 6.07) is 2.85. The second kappa shape index (κ2) is 9.87. The lowest BCUT2D eigenvalue weighted by molar-refractivity contribution is -0.153. The number of carboxylic acid groups (broad SMARTS) is 1. The highest BCUT2D eigenvalue weighted by molar-refractivity contribution is 5.89. The summed E-state index contributed by atoms with van der Waals surface area (Å²) in [5.74, 6) is -0.161. The average molecular weight is 418 g/mol. The van der Waals surface area contributed by atoms with E-state index in [1.54, 1.807) is 19.1 Å². The Kier molecular flexibility index (Phi) is 7.24. The third-order valence-electron chi connectivity index (χ3n) is 6.10. The molecule has 0 aromatic heterocycles. The minimum atomic E-state index is -0.939. The van der Waals surface area contributed by atoms with E-state index >= 15 is 0 Å². The predicted octanol–water partition coefficient (Wildman–Crippen LogP) is 3.62. The summed E-state index contributed by atoms with van der Waals surface area (Å²) >= 11 is 0. The zero-order chi connectivity index (χ0) is 21.7. The van der Waals surface area contributed by atoms with Crippen LogP contribution in [0.1, 0.15) is 50.0 Å². The van der Waals surface area contributed by atoms with Gasteiger partial charge in [-0.1, -0.05) is 12.2 Å². The van der Waals surface area contributed by atoms with Gasteiger partial charge in [0.2, 0.25) is 11.7 Å². The van der Waals surface area contributed by atoms with Crippen LogP contribution < -0.4 is 14.2 Å². The number of amides is 1. The van der Waals surface area contributed by atoms with Crippen LogP contribution in [0, 0.1) is 5.92 Å².